The lowest BCUT2D eigenvalue weighted by Crippen LogP contribution is -2.39. The maximum atomic E-state index is 13.2. The van der Waals surface area contributed by atoms with Gasteiger partial charge in [0, 0.05) is 25.2 Å². The minimum Gasteiger partial charge on any atom is -0.465 e. The predicted octanol–water partition coefficient (Wildman–Crippen LogP) is 1.72. The SMILES string of the molecule is COC(=O)c1cccc(S(=O)(=O)N2CCC[C@H](c3ccnc(N)n3)C2)c1C. The molecule has 2 N–H and O–H groups in total. The summed E-state index contributed by atoms with van der Waals surface area (Å²) in [7, 11) is -2.49. The van der Waals surface area contributed by atoms with E-state index in [0.29, 0.717) is 25.1 Å². The average molecular weight is 390 g/mol. The van der Waals surface area contributed by atoms with Gasteiger partial charge < -0.3 is 10.5 Å². The number of hydrogen-bond acceptors (Lipinski definition) is 7. The van der Waals surface area contributed by atoms with Gasteiger partial charge in [-0.15, -0.1) is 0 Å². The van der Waals surface area contributed by atoms with Crippen LogP contribution in [0.1, 0.15) is 40.4 Å². The number of piperidine rings is 1. The van der Waals surface area contributed by atoms with E-state index in [0.717, 1.165) is 12.1 Å². The second-order valence-electron chi connectivity index (χ2n) is 6.46. The van der Waals surface area contributed by atoms with Gasteiger partial charge in [0.05, 0.1) is 23.3 Å². The van der Waals surface area contributed by atoms with Crippen molar-refractivity contribution in [2.75, 3.05) is 25.9 Å². The van der Waals surface area contributed by atoms with E-state index < -0.39 is 16.0 Å². The Kier molecular flexibility index (Phi) is 5.43. The summed E-state index contributed by atoms with van der Waals surface area (Å²) in [5.41, 5.74) is 7.03. The molecule has 27 heavy (non-hydrogen) atoms. The fraction of sp³-hybridized carbons (Fsp3) is 0.389. The molecule has 1 saturated heterocycles. The molecule has 0 aliphatic carbocycles. The molecule has 9 heteroatoms. The Morgan fingerprint density at radius 3 is 2.81 bits per heavy atom. The normalized spacial score (nSPS) is 18.2. The van der Waals surface area contributed by atoms with Gasteiger partial charge in [0.15, 0.2) is 0 Å². The van der Waals surface area contributed by atoms with Crippen LogP contribution in [0.2, 0.25) is 0 Å². The summed E-state index contributed by atoms with van der Waals surface area (Å²) in [6.07, 6.45) is 3.11. The molecule has 0 amide bonds. The van der Waals surface area contributed by atoms with Crippen LogP contribution in [0.15, 0.2) is 35.4 Å². The highest BCUT2D eigenvalue weighted by atomic mass is 32.2. The molecule has 1 atom stereocenters. The molecule has 144 valence electrons. The number of benzene rings is 1. The lowest BCUT2D eigenvalue weighted by molar-refractivity contribution is 0.0599. The number of rotatable bonds is 4. The number of nitrogens with two attached hydrogens (primary N) is 1. The third kappa shape index (κ3) is 3.79. The number of carbonyl (C=O) groups excluding carboxylic acids is 1. The molecule has 8 nitrogen and oxygen atoms in total. The van der Waals surface area contributed by atoms with Gasteiger partial charge >= 0.3 is 5.97 Å². The minimum absolute atomic E-state index is 0.0529. The highest BCUT2D eigenvalue weighted by Gasteiger charge is 2.33. The Labute approximate surface area is 158 Å². The minimum atomic E-state index is -3.76. The summed E-state index contributed by atoms with van der Waals surface area (Å²) in [5.74, 6) is -0.436. The number of methoxy groups -OCH3 is 1. The lowest BCUT2D eigenvalue weighted by Gasteiger charge is -2.32. The fourth-order valence-corrected chi connectivity index (χ4v) is 5.15. The molecule has 0 radical (unpaired) electrons. The number of anilines is 1. The zero-order valence-corrected chi connectivity index (χ0v) is 16.1. The molecule has 0 unspecified atom stereocenters. The van der Waals surface area contributed by atoms with Gasteiger partial charge in [-0.3, -0.25) is 0 Å². The van der Waals surface area contributed by atoms with E-state index in [1.807, 2.05) is 0 Å². The molecule has 0 bridgehead atoms. The monoisotopic (exact) mass is 390 g/mol. The third-order valence-electron chi connectivity index (χ3n) is 4.81. The van der Waals surface area contributed by atoms with E-state index in [4.69, 9.17) is 10.5 Å². The molecule has 0 saturated carbocycles. The predicted molar refractivity (Wildman–Crippen MR) is 99.7 cm³/mol. The zero-order chi connectivity index (χ0) is 19.6. The van der Waals surface area contributed by atoms with Crippen molar-refractivity contribution in [1.29, 1.82) is 0 Å². The molecule has 1 aromatic carbocycles. The fourth-order valence-electron chi connectivity index (χ4n) is 3.38. The van der Waals surface area contributed by atoms with Gasteiger partial charge in [-0.2, -0.15) is 4.31 Å². The van der Waals surface area contributed by atoms with Crippen molar-refractivity contribution < 1.29 is 17.9 Å². The highest BCUT2D eigenvalue weighted by molar-refractivity contribution is 7.89. The van der Waals surface area contributed by atoms with Gasteiger partial charge in [-0.1, -0.05) is 6.07 Å². The summed E-state index contributed by atoms with van der Waals surface area (Å²) >= 11 is 0. The largest absolute Gasteiger partial charge is 0.465 e. The van der Waals surface area contributed by atoms with Crippen molar-refractivity contribution in [3.63, 3.8) is 0 Å². The quantitative estimate of drug-likeness (QED) is 0.790. The van der Waals surface area contributed by atoms with Crippen LogP contribution in [0.4, 0.5) is 5.95 Å². The Balaban J connectivity index is 1.92. The third-order valence-corrected chi connectivity index (χ3v) is 6.81. The molecular formula is C18H22N4O4S. The summed E-state index contributed by atoms with van der Waals surface area (Å²) in [5, 5.41) is 0. The smallest absolute Gasteiger partial charge is 0.338 e. The Morgan fingerprint density at radius 1 is 1.33 bits per heavy atom. The van der Waals surface area contributed by atoms with Crippen LogP contribution in [-0.2, 0) is 14.8 Å². The maximum Gasteiger partial charge on any atom is 0.338 e. The van der Waals surface area contributed by atoms with Crippen LogP contribution in [0.25, 0.3) is 0 Å². The van der Waals surface area contributed by atoms with Crippen LogP contribution in [0, 0.1) is 6.92 Å². The number of nitrogen functional groups attached to an aromatic ring is 1. The van der Waals surface area contributed by atoms with Crippen LogP contribution in [0.5, 0.6) is 0 Å². The first-order valence-corrected chi connectivity index (χ1v) is 10.0. The molecule has 2 heterocycles. The lowest BCUT2D eigenvalue weighted by atomic mass is 9.96. The van der Waals surface area contributed by atoms with Crippen molar-refractivity contribution in [2.24, 2.45) is 0 Å². The van der Waals surface area contributed by atoms with Crippen LogP contribution in [0.3, 0.4) is 0 Å². The average Bonchev–Trinajstić information content (AvgIpc) is 2.67. The number of nitrogens with zero attached hydrogens (tertiary/aromatic N) is 3. The van der Waals surface area contributed by atoms with Crippen molar-refractivity contribution in [3.05, 3.63) is 47.3 Å². The van der Waals surface area contributed by atoms with Crippen molar-refractivity contribution >= 4 is 21.9 Å². The standard InChI is InChI=1S/C18H22N4O4S/c1-12-14(17(23)26-2)6-3-7-16(12)27(24,25)22-10-4-5-13(11-22)15-8-9-20-18(19)21-15/h3,6-9,13H,4-5,10-11H2,1-2H3,(H2,19,20,21)/t13-/m0/s1. The van der Waals surface area contributed by atoms with Gasteiger partial charge in [0.2, 0.25) is 16.0 Å². The number of esters is 1. The molecule has 0 spiro atoms. The van der Waals surface area contributed by atoms with Crippen LogP contribution < -0.4 is 5.73 Å². The Bertz CT molecular complexity index is 962. The van der Waals surface area contributed by atoms with E-state index in [2.05, 4.69) is 9.97 Å². The van der Waals surface area contributed by atoms with Crippen LogP contribution >= 0.6 is 0 Å². The first-order chi connectivity index (χ1) is 12.8. The Hall–Kier alpha value is -2.52. The van der Waals surface area contributed by atoms with Crippen molar-refractivity contribution in [2.45, 2.75) is 30.6 Å². The molecule has 1 aliphatic heterocycles. The van der Waals surface area contributed by atoms with E-state index in [1.165, 1.54) is 17.5 Å². The van der Waals surface area contributed by atoms with Gasteiger partial charge in [-0.05, 0) is 43.5 Å². The van der Waals surface area contributed by atoms with Crippen LogP contribution in [-0.4, -0.2) is 48.9 Å². The zero-order valence-electron chi connectivity index (χ0n) is 15.3. The first-order valence-electron chi connectivity index (χ1n) is 8.61. The van der Waals surface area contributed by atoms with E-state index >= 15 is 0 Å². The Morgan fingerprint density at radius 2 is 2.11 bits per heavy atom. The molecule has 3 rings (SSSR count). The summed E-state index contributed by atoms with van der Waals surface area (Å²) < 4.78 is 32.7. The maximum absolute atomic E-state index is 13.2. The molecule has 1 aliphatic rings. The summed E-state index contributed by atoms with van der Waals surface area (Å²) in [6, 6.07) is 6.39. The van der Waals surface area contributed by atoms with Gasteiger partial charge in [0.1, 0.15) is 0 Å². The second-order valence-corrected chi connectivity index (χ2v) is 8.37. The topological polar surface area (TPSA) is 115 Å². The number of sulfonamides is 1. The van der Waals surface area contributed by atoms with Crippen molar-refractivity contribution in [1.82, 2.24) is 14.3 Å². The van der Waals surface area contributed by atoms with E-state index in [9.17, 15) is 13.2 Å². The van der Waals surface area contributed by atoms with Gasteiger partial charge in [-0.25, -0.2) is 23.2 Å². The molecule has 1 fully saturated rings. The van der Waals surface area contributed by atoms with E-state index in [1.54, 1.807) is 31.3 Å². The molecular weight excluding hydrogens is 368 g/mol. The molecule has 2 aromatic rings. The summed E-state index contributed by atoms with van der Waals surface area (Å²) in [4.78, 5) is 20.1. The van der Waals surface area contributed by atoms with E-state index in [-0.39, 0.29) is 22.3 Å². The number of hydrogen-bond donors (Lipinski definition) is 1. The van der Waals surface area contributed by atoms with Crippen molar-refractivity contribution in [3.8, 4) is 0 Å². The van der Waals surface area contributed by atoms with Gasteiger partial charge in [0.25, 0.3) is 0 Å². The first kappa shape index (κ1) is 19.2. The number of carbonyl (C=O) groups is 1. The summed E-state index contributed by atoms with van der Waals surface area (Å²) in [6.45, 7) is 2.34. The number of ether oxygens (including phenoxy) is 1. The second kappa shape index (κ2) is 7.61. The molecule has 1 aromatic heterocycles. The highest BCUT2D eigenvalue weighted by Crippen LogP contribution is 2.31. The number of aromatic nitrogens is 2.